The molecule has 90 valence electrons. The Morgan fingerprint density at radius 3 is 2.56 bits per heavy atom. The first-order chi connectivity index (χ1) is 7.29. The fraction of sp³-hybridized carbons (Fsp3) is 0.636. The minimum Gasteiger partial charge on any atom is -0.443 e. The van der Waals surface area contributed by atoms with Crippen molar-refractivity contribution in [2.24, 2.45) is 11.7 Å². The highest BCUT2D eigenvalue weighted by Gasteiger charge is 2.24. The standard InChI is InChI=1S/C11H18N2O2S/c1-11(2,3)15-10(14)13-6-4-8(5-7-13)9(12)16/h4,6,8H,5,7H2,1-3H3,(H2,12,16). The van der Waals surface area contributed by atoms with Crippen LogP contribution in [0.15, 0.2) is 12.3 Å². The molecule has 1 unspecified atom stereocenters. The number of rotatable bonds is 1. The summed E-state index contributed by atoms with van der Waals surface area (Å²) in [5.41, 5.74) is 5.07. The lowest BCUT2D eigenvalue weighted by Crippen LogP contribution is -2.37. The van der Waals surface area contributed by atoms with E-state index in [1.807, 2.05) is 26.8 Å². The van der Waals surface area contributed by atoms with Crippen LogP contribution < -0.4 is 5.73 Å². The van der Waals surface area contributed by atoms with Gasteiger partial charge in [0.1, 0.15) is 5.60 Å². The second kappa shape index (κ2) is 4.82. The van der Waals surface area contributed by atoms with Crippen LogP contribution in [-0.2, 0) is 4.74 Å². The molecular formula is C11H18N2O2S. The first-order valence-corrected chi connectivity index (χ1v) is 5.68. The van der Waals surface area contributed by atoms with E-state index in [1.165, 1.54) is 0 Å². The molecule has 0 radical (unpaired) electrons. The Bertz CT molecular complexity index is 320. The lowest BCUT2D eigenvalue weighted by molar-refractivity contribution is 0.0323. The zero-order chi connectivity index (χ0) is 12.3. The van der Waals surface area contributed by atoms with Crippen LogP contribution in [-0.4, -0.2) is 28.1 Å². The van der Waals surface area contributed by atoms with Crippen LogP contribution in [0.25, 0.3) is 0 Å². The van der Waals surface area contributed by atoms with Crippen molar-refractivity contribution in [3.8, 4) is 0 Å². The van der Waals surface area contributed by atoms with Crippen molar-refractivity contribution in [3.05, 3.63) is 12.3 Å². The normalized spacial score (nSPS) is 20.7. The van der Waals surface area contributed by atoms with Gasteiger partial charge in [-0.2, -0.15) is 0 Å². The highest BCUT2D eigenvalue weighted by Crippen LogP contribution is 2.17. The molecule has 0 spiro atoms. The quantitative estimate of drug-likeness (QED) is 0.715. The van der Waals surface area contributed by atoms with E-state index < -0.39 is 5.60 Å². The number of hydrogen-bond donors (Lipinski definition) is 1. The molecule has 1 aliphatic rings. The third-order valence-corrected chi connectivity index (χ3v) is 2.48. The molecule has 0 aromatic carbocycles. The molecule has 0 aliphatic carbocycles. The Labute approximate surface area is 101 Å². The molecule has 0 aromatic heterocycles. The van der Waals surface area contributed by atoms with Gasteiger partial charge in [0.2, 0.25) is 0 Å². The maximum absolute atomic E-state index is 11.7. The van der Waals surface area contributed by atoms with Gasteiger partial charge in [0.15, 0.2) is 0 Å². The Kier molecular flexibility index (Phi) is 3.91. The Hall–Kier alpha value is -1.10. The van der Waals surface area contributed by atoms with Gasteiger partial charge in [0.05, 0.1) is 4.99 Å². The summed E-state index contributed by atoms with van der Waals surface area (Å²) in [6.07, 6.45) is 3.97. The molecule has 1 atom stereocenters. The number of nitrogens with two attached hydrogens (primary N) is 1. The van der Waals surface area contributed by atoms with Crippen LogP contribution in [0.1, 0.15) is 27.2 Å². The Morgan fingerprint density at radius 2 is 2.19 bits per heavy atom. The van der Waals surface area contributed by atoms with E-state index in [0.717, 1.165) is 6.42 Å². The van der Waals surface area contributed by atoms with Gasteiger partial charge in [-0.15, -0.1) is 0 Å². The van der Waals surface area contributed by atoms with Crippen LogP contribution in [0.3, 0.4) is 0 Å². The van der Waals surface area contributed by atoms with Crippen LogP contribution in [0.2, 0.25) is 0 Å². The number of nitrogens with zero attached hydrogens (tertiary/aromatic N) is 1. The van der Waals surface area contributed by atoms with Crippen molar-refractivity contribution in [2.75, 3.05) is 6.54 Å². The number of amides is 1. The molecule has 16 heavy (non-hydrogen) atoms. The molecule has 0 bridgehead atoms. The molecule has 4 nitrogen and oxygen atoms in total. The van der Waals surface area contributed by atoms with E-state index >= 15 is 0 Å². The van der Waals surface area contributed by atoms with E-state index in [0.29, 0.717) is 11.5 Å². The molecular weight excluding hydrogens is 224 g/mol. The van der Waals surface area contributed by atoms with Crippen LogP contribution in [0.4, 0.5) is 4.79 Å². The second-order valence-electron chi connectivity index (χ2n) is 4.81. The fourth-order valence-electron chi connectivity index (χ4n) is 1.37. The van der Waals surface area contributed by atoms with Crippen molar-refractivity contribution in [1.29, 1.82) is 0 Å². The van der Waals surface area contributed by atoms with Crippen molar-refractivity contribution >= 4 is 23.3 Å². The summed E-state index contributed by atoms with van der Waals surface area (Å²) in [5, 5.41) is 0. The van der Waals surface area contributed by atoms with Crippen molar-refractivity contribution in [1.82, 2.24) is 4.90 Å². The third kappa shape index (κ3) is 3.81. The SMILES string of the molecule is CC(C)(C)OC(=O)N1C=CC(C(N)=S)CC1. The summed E-state index contributed by atoms with van der Waals surface area (Å²) in [7, 11) is 0. The van der Waals surface area contributed by atoms with Crippen molar-refractivity contribution in [3.63, 3.8) is 0 Å². The van der Waals surface area contributed by atoms with Gasteiger partial charge >= 0.3 is 6.09 Å². The Morgan fingerprint density at radius 1 is 1.56 bits per heavy atom. The minimum atomic E-state index is -0.467. The van der Waals surface area contributed by atoms with E-state index in [1.54, 1.807) is 11.1 Å². The van der Waals surface area contributed by atoms with Gasteiger partial charge in [-0.25, -0.2) is 4.79 Å². The van der Waals surface area contributed by atoms with Gasteiger partial charge in [-0.3, -0.25) is 4.90 Å². The van der Waals surface area contributed by atoms with Crippen LogP contribution in [0.5, 0.6) is 0 Å². The molecule has 0 aromatic rings. The average molecular weight is 242 g/mol. The van der Waals surface area contributed by atoms with Crippen molar-refractivity contribution < 1.29 is 9.53 Å². The lowest BCUT2D eigenvalue weighted by atomic mass is 10.0. The third-order valence-electron chi connectivity index (χ3n) is 2.17. The second-order valence-corrected chi connectivity index (χ2v) is 5.28. The summed E-state index contributed by atoms with van der Waals surface area (Å²) in [5.74, 6) is 0.0914. The molecule has 0 fully saturated rings. The van der Waals surface area contributed by atoms with E-state index in [2.05, 4.69) is 0 Å². The number of carbonyl (C=O) groups excluding carboxylic acids is 1. The molecule has 1 rings (SSSR count). The van der Waals surface area contributed by atoms with Gasteiger partial charge in [-0.05, 0) is 27.2 Å². The molecule has 0 saturated heterocycles. The number of hydrogen-bond acceptors (Lipinski definition) is 3. The molecule has 1 aliphatic heterocycles. The summed E-state index contributed by atoms with van der Waals surface area (Å²) in [6, 6.07) is 0. The number of thiocarbonyl (C=S) groups is 1. The molecule has 1 amide bonds. The molecule has 5 heteroatoms. The maximum atomic E-state index is 11.7. The van der Waals surface area contributed by atoms with Gasteiger partial charge in [0.25, 0.3) is 0 Å². The van der Waals surface area contributed by atoms with E-state index in [4.69, 9.17) is 22.7 Å². The van der Waals surface area contributed by atoms with Crippen molar-refractivity contribution in [2.45, 2.75) is 32.8 Å². The van der Waals surface area contributed by atoms with E-state index in [-0.39, 0.29) is 12.0 Å². The Balaban J connectivity index is 2.56. The largest absolute Gasteiger partial charge is 0.443 e. The van der Waals surface area contributed by atoms with Crippen LogP contribution in [0, 0.1) is 5.92 Å². The topological polar surface area (TPSA) is 55.6 Å². The average Bonchev–Trinajstić information content (AvgIpc) is 2.15. The van der Waals surface area contributed by atoms with Gasteiger partial charge < -0.3 is 10.5 Å². The van der Waals surface area contributed by atoms with Gasteiger partial charge in [0, 0.05) is 18.7 Å². The summed E-state index contributed by atoms with van der Waals surface area (Å²) >= 11 is 4.90. The number of carbonyl (C=O) groups is 1. The van der Waals surface area contributed by atoms with Gasteiger partial charge in [-0.1, -0.05) is 18.3 Å². The highest BCUT2D eigenvalue weighted by molar-refractivity contribution is 7.80. The number of ether oxygens (including phenoxy) is 1. The maximum Gasteiger partial charge on any atom is 0.414 e. The summed E-state index contributed by atoms with van der Waals surface area (Å²) < 4.78 is 5.24. The predicted molar refractivity (Wildman–Crippen MR) is 67.0 cm³/mol. The van der Waals surface area contributed by atoms with Crippen LogP contribution >= 0.6 is 12.2 Å². The summed E-state index contributed by atoms with van der Waals surface area (Å²) in [4.78, 5) is 13.7. The molecule has 1 heterocycles. The first kappa shape index (κ1) is 13.0. The lowest BCUT2D eigenvalue weighted by Gasteiger charge is -2.28. The highest BCUT2D eigenvalue weighted by atomic mass is 32.1. The first-order valence-electron chi connectivity index (χ1n) is 5.27. The zero-order valence-electron chi connectivity index (χ0n) is 9.90. The van der Waals surface area contributed by atoms with E-state index in [9.17, 15) is 4.79 Å². The monoisotopic (exact) mass is 242 g/mol. The zero-order valence-corrected chi connectivity index (χ0v) is 10.7. The molecule has 2 N–H and O–H groups in total. The summed E-state index contributed by atoms with van der Waals surface area (Å²) in [6.45, 7) is 6.12. The minimum absolute atomic E-state index is 0.0914. The predicted octanol–water partition coefficient (Wildman–Crippen LogP) is 2.04. The molecule has 0 saturated carbocycles. The smallest absolute Gasteiger partial charge is 0.414 e. The fourth-order valence-corrected chi connectivity index (χ4v) is 1.56.